The molecule has 2 fully saturated rings. The van der Waals surface area contributed by atoms with E-state index in [1.54, 1.807) is 0 Å². The third kappa shape index (κ3) is 1.64. The fourth-order valence-corrected chi connectivity index (χ4v) is 2.40. The van der Waals surface area contributed by atoms with E-state index in [1.165, 1.54) is 6.42 Å². The third-order valence-corrected chi connectivity index (χ3v) is 3.38. The molecule has 0 spiro atoms. The number of primary amides is 1. The van der Waals surface area contributed by atoms with Crippen molar-refractivity contribution in [2.24, 2.45) is 11.7 Å². The van der Waals surface area contributed by atoms with E-state index in [0.29, 0.717) is 12.0 Å². The Hall–Kier alpha value is -0.610. The molecule has 0 bridgehead atoms. The SMILES string of the molecule is CC(C)NCC12CC1CC(C(N)=O)N2. The zero-order valence-corrected chi connectivity index (χ0v) is 8.84. The number of fused-ring (bicyclic) bond motifs is 1. The molecule has 0 aromatic carbocycles. The molecule has 4 nitrogen and oxygen atoms in total. The summed E-state index contributed by atoms with van der Waals surface area (Å²) in [6, 6.07) is 0.405. The van der Waals surface area contributed by atoms with Crippen LogP contribution in [0.2, 0.25) is 0 Å². The van der Waals surface area contributed by atoms with Gasteiger partial charge in [-0.3, -0.25) is 10.1 Å². The molecule has 4 heteroatoms. The first-order valence-corrected chi connectivity index (χ1v) is 5.34. The molecule has 0 aromatic rings. The Bertz CT molecular complexity index is 254. The van der Waals surface area contributed by atoms with Crippen molar-refractivity contribution in [2.45, 2.75) is 44.3 Å². The number of piperidine rings is 1. The van der Waals surface area contributed by atoms with Gasteiger partial charge in [0.25, 0.3) is 0 Å². The Balaban J connectivity index is 1.86. The van der Waals surface area contributed by atoms with Crippen LogP contribution in [0.4, 0.5) is 0 Å². The molecule has 1 heterocycles. The van der Waals surface area contributed by atoms with Gasteiger partial charge in [0.15, 0.2) is 0 Å². The number of nitrogens with one attached hydrogen (secondary N) is 2. The van der Waals surface area contributed by atoms with E-state index >= 15 is 0 Å². The largest absolute Gasteiger partial charge is 0.368 e. The van der Waals surface area contributed by atoms with Crippen LogP contribution in [0, 0.1) is 5.92 Å². The van der Waals surface area contributed by atoms with Gasteiger partial charge in [0, 0.05) is 18.1 Å². The molecule has 1 saturated heterocycles. The van der Waals surface area contributed by atoms with Gasteiger partial charge in [-0.05, 0) is 18.8 Å². The summed E-state index contributed by atoms with van der Waals surface area (Å²) in [7, 11) is 0. The minimum Gasteiger partial charge on any atom is -0.368 e. The highest BCUT2D eigenvalue weighted by molar-refractivity contribution is 5.80. The Kier molecular flexibility index (Phi) is 2.27. The van der Waals surface area contributed by atoms with Crippen molar-refractivity contribution in [3.63, 3.8) is 0 Å². The van der Waals surface area contributed by atoms with Gasteiger partial charge in [-0.25, -0.2) is 0 Å². The third-order valence-electron chi connectivity index (χ3n) is 3.38. The summed E-state index contributed by atoms with van der Waals surface area (Å²) >= 11 is 0. The molecule has 80 valence electrons. The first-order valence-electron chi connectivity index (χ1n) is 5.34. The van der Waals surface area contributed by atoms with Crippen LogP contribution in [0.3, 0.4) is 0 Å². The van der Waals surface area contributed by atoms with E-state index in [9.17, 15) is 4.79 Å². The fourth-order valence-electron chi connectivity index (χ4n) is 2.40. The van der Waals surface area contributed by atoms with Gasteiger partial charge in [0.1, 0.15) is 0 Å². The minimum absolute atomic E-state index is 0.0947. The number of hydrogen-bond donors (Lipinski definition) is 3. The first kappa shape index (κ1) is 9.93. The molecule has 3 atom stereocenters. The number of hydrogen-bond acceptors (Lipinski definition) is 3. The van der Waals surface area contributed by atoms with E-state index in [-0.39, 0.29) is 17.5 Å². The topological polar surface area (TPSA) is 67.1 Å². The Morgan fingerprint density at radius 1 is 1.71 bits per heavy atom. The fraction of sp³-hybridized carbons (Fsp3) is 0.900. The lowest BCUT2D eigenvalue weighted by Crippen LogP contribution is -2.48. The molecule has 1 aliphatic carbocycles. The summed E-state index contributed by atoms with van der Waals surface area (Å²) < 4.78 is 0. The summed E-state index contributed by atoms with van der Waals surface area (Å²) in [5.41, 5.74) is 5.46. The number of carbonyl (C=O) groups is 1. The molecule has 1 amide bonds. The first-order chi connectivity index (χ1) is 6.53. The van der Waals surface area contributed by atoms with E-state index in [1.807, 2.05) is 0 Å². The second kappa shape index (κ2) is 3.21. The summed E-state index contributed by atoms with van der Waals surface area (Å²) in [4.78, 5) is 11.0. The van der Waals surface area contributed by atoms with Crippen molar-refractivity contribution in [3.8, 4) is 0 Å². The minimum atomic E-state index is -0.207. The molecule has 2 rings (SSSR count). The molecule has 1 aliphatic heterocycles. The van der Waals surface area contributed by atoms with E-state index in [2.05, 4.69) is 24.5 Å². The Morgan fingerprint density at radius 3 is 2.93 bits per heavy atom. The lowest BCUT2D eigenvalue weighted by Gasteiger charge is -2.19. The molecular weight excluding hydrogens is 178 g/mol. The molecule has 3 unspecified atom stereocenters. The Morgan fingerprint density at radius 2 is 2.43 bits per heavy atom. The lowest BCUT2D eigenvalue weighted by atomic mass is 10.2. The Labute approximate surface area is 84.6 Å². The maximum atomic E-state index is 11.0. The standard InChI is InChI=1S/C10H19N3O/c1-6(2)12-5-10-4-7(10)3-8(13-10)9(11)14/h6-8,12-13H,3-5H2,1-2H3,(H2,11,14). The highest BCUT2D eigenvalue weighted by atomic mass is 16.1. The summed E-state index contributed by atoms with van der Waals surface area (Å²) in [6.07, 6.45) is 2.12. The van der Waals surface area contributed by atoms with Crippen molar-refractivity contribution in [3.05, 3.63) is 0 Å². The lowest BCUT2D eigenvalue weighted by molar-refractivity contribution is -0.120. The van der Waals surface area contributed by atoms with Crippen LogP contribution in [0.1, 0.15) is 26.7 Å². The number of nitrogens with two attached hydrogens (primary N) is 1. The zero-order chi connectivity index (χ0) is 10.3. The molecule has 14 heavy (non-hydrogen) atoms. The van der Waals surface area contributed by atoms with Crippen molar-refractivity contribution in [1.82, 2.24) is 10.6 Å². The van der Waals surface area contributed by atoms with Crippen molar-refractivity contribution in [2.75, 3.05) is 6.54 Å². The van der Waals surface area contributed by atoms with Crippen LogP contribution in [-0.2, 0) is 4.79 Å². The molecular formula is C10H19N3O. The molecule has 0 aromatic heterocycles. The van der Waals surface area contributed by atoms with Gasteiger partial charge < -0.3 is 11.1 Å². The highest BCUT2D eigenvalue weighted by Gasteiger charge is 2.60. The summed E-state index contributed by atoms with van der Waals surface area (Å²) in [6.45, 7) is 5.22. The molecule has 1 saturated carbocycles. The van der Waals surface area contributed by atoms with Crippen LogP contribution in [-0.4, -0.2) is 30.1 Å². The van der Waals surface area contributed by atoms with Gasteiger partial charge in [0.2, 0.25) is 5.91 Å². The predicted octanol–water partition coefficient (Wildman–Crippen LogP) is -0.410. The maximum absolute atomic E-state index is 11.0. The second-order valence-corrected chi connectivity index (χ2v) is 4.93. The van der Waals surface area contributed by atoms with Crippen LogP contribution >= 0.6 is 0 Å². The normalized spacial score (nSPS) is 39.9. The summed E-state index contributed by atoms with van der Waals surface area (Å²) in [5.74, 6) is 0.451. The average molecular weight is 197 g/mol. The van der Waals surface area contributed by atoms with Crippen LogP contribution in [0.25, 0.3) is 0 Å². The molecule has 0 radical (unpaired) electrons. The van der Waals surface area contributed by atoms with Crippen LogP contribution in [0.15, 0.2) is 0 Å². The maximum Gasteiger partial charge on any atom is 0.234 e. The van der Waals surface area contributed by atoms with Gasteiger partial charge in [-0.15, -0.1) is 0 Å². The molecule has 2 aliphatic rings. The molecule has 4 N–H and O–H groups in total. The summed E-state index contributed by atoms with van der Waals surface area (Å²) in [5, 5.41) is 6.77. The van der Waals surface area contributed by atoms with E-state index in [0.717, 1.165) is 13.0 Å². The predicted molar refractivity (Wildman–Crippen MR) is 54.7 cm³/mol. The van der Waals surface area contributed by atoms with Gasteiger partial charge in [-0.1, -0.05) is 13.8 Å². The van der Waals surface area contributed by atoms with E-state index in [4.69, 9.17) is 5.73 Å². The van der Waals surface area contributed by atoms with Gasteiger partial charge >= 0.3 is 0 Å². The quantitative estimate of drug-likeness (QED) is 0.574. The number of amides is 1. The number of carbonyl (C=O) groups excluding carboxylic acids is 1. The smallest absolute Gasteiger partial charge is 0.234 e. The van der Waals surface area contributed by atoms with Crippen LogP contribution < -0.4 is 16.4 Å². The van der Waals surface area contributed by atoms with Crippen molar-refractivity contribution in [1.29, 1.82) is 0 Å². The van der Waals surface area contributed by atoms with E-state index < -0.39 is 0 Å². The van der Waals surface area contributed by atoms with Gasteiger partial charge in [0.05, 0.1) is 6.04 Å². The van der Waals surface area contributed by atoms with Crippen LogP contribution in [0.5, 0.6) is 0 Å². The average Bonchev–Trinajstić information content (AvgIpc) is 2.66. The zero-order valence-electron chi connectivity index (χ0n) is 8.84. The second-order valence-electron chi connectivity index (χ2n) is 4.93. The highest BCUT2D eigenvalue weighted by Crippen LogP contribution is 2.51. The monoisotopic (exact) mass is 197 g/mol. The number of rotatable bonds is 4. The van der Waals surface area contributed by atoms with Crippen molar-refractivity contribution < 1.29 is 4.79 Å². The van der Waals surface area contributed by atoms with Crippen molar-refractivity contribution >= 4 is 5.91 Å². The van der Waals surface area contributed by atoms with Gasteiger partial charge in [-0.2, -0.15) is 0 Å².